The molecule has 0 aliphatic heterocycles. The monoisotopic (exact) mass is 279 g/mol. The van der Waals surface area contributed by atoms with E-state index in [1.165, 1.54) is 12.1 Å². The number of hydrogen-bond acceptors (Lipinski definition) is 4. The fraction of sp³-hybridized carbons (Fsp3) is 0. The molecule has 0 bridgehead atoms. The first-order valence-electron chi connectivity index (χ1n) is 6.30. The SMILES string of the molecule is O=C(O)c1ccc2oc(-c3n[nH]c4ccccc34)nc2c1. The van der Waals surface area contributed by atoms with Gasteiger partial charge < -0.3 is 9.52 Å². The summed E-state index contributed by atoms with van der Waals surface area (Å²) < 4.78 is 5.67. The number of hydrogen-bond donors (Lipinski definition) is 2. The smallest absolute Gasteiger partial charge is 0.335 e. The fourth-order valence-electron chi connectivity index (χ4n) is 2.29. The van der Waals surface area contributed by atoms with Crippen LogP contribution in [0.3, 0.4) is 0 Å². The average Bonchev–Trinajstić information content (AvgIpc) is 3.09. The van der Waals surface area contributed by atoms with Gasteiger partial charge in [0.25, 0.3) is 0 Å². The minimum Gasteiger partial charge on any atom is -0.478 e. The average molecular weight is 279 g/mol. The number of carbonyl (C=O) groups is 1. The van der Waals surface area contributed by atoms with Crippen LogP contribution in [0.5, 0.6) is 0 Å². The van der Waals surface area contributed by atoms with Crippen molar-refractivity contribution in [2.24, 2.45) is 0 Å². The van der Waals surface area contributed by atoms with E-state index in [9.17, 15) is 4.79 Å². The van der Waals surface area contributed by atoms with Crippen LogP contribution in [0, 0.1) is 0 Å². The highest BCUT2D eigenvalue weighted by atomic mass is 16.4. The van der Waals surface area contributed by atoms with Gasteiger partial charge in [-0.15, -0.1) is 0 Å². The Balaban J connectivity index is 1.92. The first-order chi connectivity index (χ1) is 10.2. The van der Waals surface area contributed by atoms with Crippen LogP contribution in [0.15, 0.2) is 46.9 Å². The Kier molecular flexibility index (Phi) is 2.32. The lowest BCUT2D eigenvalue weighted by molar-refractivity contribution is 0.0697. The molecule has 0 aliphatic rings. The molecule has 102 valence electrons. The fourth-order valence-corrected chi connectivity index (χ4v) is 2.29. The van der Waals surface area contributed by atoms with Crippen LogP contribution in [-0.4, -0.2) is 26.3 Å². The van der Waals surface area contributed by atoms with E-state index in [0.717, 1.165) is 10.9 Å². The highest BCUT2D eigenvalue weighted by Gasteiger charge is 2.15. The van der Waals surface area contributed by atoms with Crippen molar-refractivity contribution in [2.75, 3.05) is 0 Å². The summed E-state index contributed by atoms with van der Waals surface area (Å²) in [6, 6.07) is 12.2. The lowest BCUT2D eigenvalue weighted by atomic mass is 10.2. The van der Waals surface area contributed by atoms with Gasteiger partial charge in [-0.1, -0.05) is 18.2 Å². The predicted molar refractivity (Wildman–Crippen MR) is 76.1 cm³/mol. The van der Waals surface area contributed by atoms with Crippen molar-refractivity contribution in [2.45, 2.75) is 0 Å². The summed E-state index contributed by atoms with van der Waals surface area (Å²) >= 11 is 0. The molecular formula is C15H9N3O3. The molecule has 0 saturated heterocycles. The second-order valence-electron chi connectivity index (χ2n) is 4.62. The number of aromatic carboxylic acids is 1. The summed E-state index contributed by atoms with van der Waals surface area (Å²) in [5, 5.41) is 17.0. The summed E-state index contributed by atoms with van der Waals surface area (Å²) in [7, 11) is 0. The highest BCUT2D eigenvalue weighted by Crippen LogP contribution is 2.28. The molecule has 4 rings (SSSR count). The summed E-state index contributed by atoms with van der Waals surface area (Å²) in [5.41, 5.74) is 2.70. The number of carboxylic acids is 1. The van der Waals surface area contributed by atoms with Crippen LogP contribution in [0.4, 0.5) is 0 Å². The molecule has 0 aliphatic carbocycles. The first kappa shape index (κ1) is 11.7. The third-order valence-corrected chi connectivity index (χ3v) is 3.31. The van der Waals surface area contributed by atoms with Crippen molar-refractivity contribution in [3.63, 3.8) is 0 Å². The molecule has 0 fully saturated rings. The topological polar surface area (TPSA) is 92.0 Å². The van der Waals surface area contributed by atoms with Gasteiger partial charge in [0.05, 0.1) is 11.1 Å². The van der Waals surface area contributed by atoms with Gasteiger partial charge >= 0.3 is 5.97 Å². The van der Waals surface area contributed by atoms with Crippen molar-refractivity contribution in [3.8, 4) is 11.6 Å². The molecule has 0 spiro atoms. The van der Waals surface area contributed by atoms with Crippen LogP contribution in [0.25, 0.3) is 33.6 Å². The largest absolute Gasteiger partial charge is 0.478 e. The number of aromatic amines is 1. The maximum absolute atomic E-state index is 11.0. The van der Waals surface area contributed by atoms with Gasteiger partial charge in [-0.25, -0.2) is 9.78 Å². The number of nitrogens with zero attached hydrogens (tertiary/aromatic N) is 2. The lowest BCUT2D eigenvalue weighted by Crippen LogP contribution is -1.94. The molecule has 0 amide bonds. The Hall–Kier alpha value is -3.15. The van der Waals surface area contributed by atoms with Crippen molar-refractivity contribution >= 4 is 28.0 Å². The van der Waals surface area contributed by atoms with E-state index in [1.54, 1.807) is 6.07 Å². The lowest BCUT2D eigenvalue weighted by Gasteiger charge is -1.91. The van der Waals surface area contributed by atoms with Gasteiger partial charge in [0.15, 0.2) is 11.3 Å². The molecule has 2 N–H and O–H groups in total. The first-order valence-corrected chi connectivity index (χ1v) is 6.30. The molecule has 2 aromatic heterocycles. The van der Waals surface area contributed by atoms with E-state index in [4.69, 9.17) is 9.52 Å². The van der Waals surface area contributed by atoms with Crippen molar-refractivity contribution in [1.29, 1.82) is 0 Å². The Morgan fingerprint density at radius 3 is 2.90 bits per heavy atom. The number of benzene rings is 2. The summed E-state index contributed by atoms with van der Waals surface area (Å²) in [6.45, 7) is 0. The Labute approximate surface area is 118 Å². The van der Waals surface area contributed by atoms with E-state index >= 15 is 0 Å². The minimum absolute atomic E-state index is 0.175. The third-order valence-electron chi connectivity index (χ3n) is 3.31. The quantitative estimate of drug-likeness (QED) is 0.588. The van der Waals surface area contributed by atoms with Gasteiger partial charge in [-0.2, -0.15) is 5.10 Å². The zero-order valence-electron chi connectivity index (χ0n) is 10.7. The van der Waals surface area contributed by atoms with E-state index < -0.39 is 5.97 Å². The molecule has 0 unspecified atom stereocenters. The van der Waals surface area contributed by atoms with Crippen LogP contribution < -0.4 is 0 Å². The zero-order valence-corrected chi connectivity index (χ0v) is 10.7. The van der Waals surface area contributed by atoms with Crippen molar-refractivity contribution in [1.82, 2.24) is 15.2 Å². The van der Waals surface area contributed by atoms with E-state index in [0.29, 0.717) is 22.7 Å². The van der Waals surface area contributed by atoms with E-state index in [2.05, 4.69) is 15.2 Å². The van der Waals surface area contributed by atoms with E-state index in [1.807, 2.05) is 24.3 Å². The molecule has 2 aromatic carbocycles. The van der Waals surface area contributed by atoms with Crippen LogP contribution in [0.2, 0.25) is 0 Å². The van der Waals surface area contributed by atoms with Crippen molar-refractivity contribution in [3.05, 3.63) is 48.0 Å². The number of nitrogens with one attached hydrogen (secondary N) is 1. The molecule has 0 saturated carbocycles. The standard InChI is InChI=1S/C15H9N3O3/c19-15(20)8-5-6-12-11(7-8)16-14(21-12)13-9-3-1-2-4-10(9)17-18-13/h1-7H,(H,17,18)(H,19,20). The van der Waals surface area contributed by atoms with Gasteiger partial charge in [0.2, 0.25) is 5.89 Å². The summed E-state index contributed by atoms with van der Waals surface area (Å²) in [5.74, 6) is -0.628. The van der Waals surface area contributed by atoms with Crippen molar-refractivity contribution < 1.29 is 14.3 Å². The van der Waals surface area contributed by atoms with Gasteiger partial charge in [-0.05, 0) is 24.3 Å². The molecule has 21 heavy (non-hydrogen) atoms. The molecule has 2 heterocycles. The zero-order chi connectivity index (χ0) is 14.4. The molecule has 0 atom stereocenters. The molecule has 0 radical (unpaired) electrons. The summed E-state index contributed by atoms with van der Waals surface area (Å²) in [4.78, 5) is 15.3. The van der Waals surface area contributed by atoms with Gasteiger partial charge in [0.1, 0.15) is 5.52 Å². The number of para-hydroxylation sites is 1. The minimum atomic E-state index is -0.994. The molecule has 4 aromatic rings. The number of aromatic nitrogens is 3. The molecular weight excluding hydrogens is 270 g/mol. The van der Waals surface area contributed by atoms with Crippen LogP contribution in [0.1, 0.15) is 10.4 Å². The number of carboxylic acid groups (broad SMARTS) is 1. The normalized spacial score (nSPS) is 11.2. The maximum Gasteiger partial charge on any atom is 0.335 e. The van der Waals surface area contributed by atoms with Gasteiger partial charge in [0, 0.05) is 5.39 Å². The maximum atomic E-state index is 11.0. The summed E-state index contributed by atoms with van der Waals surface area (Å²) in [6.07, 6.45) is 0. The van der Waals surface area contributed by atoms with Crippen LogP contribution in [-0.2, 0) is 0 Å². The number of H-pyrrole nitrogens is 1. The highest BCUT2D eigenvalue weighted by molar-refractivity contribution is 5.94. The molecule has 6 heteroatoms. The Morgan fingerprint density at radius 2 is 2.05 bits per heavy atom. The Morgan fingerprint density at radius 1 is 1.19 bits per heavy atom. The Bertz CT molecular complexity index is 984. The third kappa shape index (κ3) is 1.77. The number of oxazole rings is 1. The molecule has 6 nitrogen and oxygen atoms in total. The predicted octanol–water partition coefficient (Wildman–Crippen LogP) is 3.07. The van der Waals surface area contributed by atoms with E-state index in [-0.39, 0.29) is 5.56 Å². The number of rotatable bonds is 2. The second-order valence-corrected chi connectivity index (χ2v) is 4.62. The van der Waals surface area contributed by atoms with Crippen LogP contribution >= 0.6 is 0 Å². The number of fused-ring (bicyclic) bond motifs is 2. The van der Waals surface area contributed by atoms with Gasteiger partial charge in [-0.3, -0.25) is 5.10 Å². The second kappa shape index (κ2) is 4.17.